The van der Waals surface area contributed by atoms with Gasteiger partial charge in [-0.05, 0) is 60.9 Å². The van der Waals surface area contributed by atoms with E-state index in [1.807, 2.05) is 18.2 Å². The summed E-state index contributed by atoms with van der Waals surface area (Å²) in [4.78, 5) is 4.55. The summed E-state index contributed by atoms with van der Waals surface area (Å²) < 4.78 is 24.8. The van der Waals surface area contributed by atoms with Crippen molar-refractivity contribution in [2.45, 2.75) is 37.5 Å². The van der Waals surface area contributed by atoms with E-state index in [0.717, 1.165) is 36.1 Å². The largest absolute Gasteiger partial charge is 0.381 e. The van der Waals surface area contributed by atoms with Crippen molar-refractivity contribution < 1.29 is 13.9 Å². The molecule has 29 heavy (non-hydrogen) atoms. The molecule has 0 amide bonds. The highest BCUT2D eigenvalue weighted by Crippen LogP contribution is 2.48. The SMILES string of the molecule is CO[C@H]1C[C@@H]2C[C@H](OC)[C@@H](N)C[C@H]2[C@@H]1/C=C/c1ccc(-c2cccc(F)c2)cn1. The molecule has 6 atom stereocenters. The minimum Gasteiger partial charge on any atom is -0.381 e. The second-order valence-electron chi connectivity index (χ2n) is 8.26. The Morgan fingerprint density at radius 3 is 2.52 bits per heavy atom. The summed E-state index contributed by atoms with van der Waals surface area (Å²) in [6.45, 7) is 0. The molecular formula is C24H29FN2O2. The van der Waals surface area contributed by atoms with Crippen molar-refractivity contribution in [3.63, 3.8) is 0 Å². The molecule has 0 aliphatic heterocycles. The van der Waals surface area contributed by atoms with E-state index in [1.54, 1.807) is 26.5 Å². The van der Waals surface area contributed by atoms with Gasteiger partial charge in [-0.3, -0.25) is 4.98 Å². The summed E-state index contributed by atoms with van der Waals surface area (Å²) >= 11 is 0. The van der Waals surface area contributed by atoms with Crippen molar-refractivity contribution in [1.82, 2.24) is 4.98 Å². The van der Waals surface area contributed by atoms with E-state index in [1.165, 1.54) is 12.1 Å². The van der Waals surface area contributed by atoms with Crippen LogP contribution >= 0.6 is 0 Å². The van der Waals surface area contributed by atoms with Crippen LogP contribution in [0, 0.1) is 23.6 Å². The summed E-state index contributed by atoms with van der Waals surface area (Å²) in [7, 11) is 3.55. The maximum absolute atomic E-state index is 13.4. The molecule has 2 aliphatic carbocycles. The highest BCUT2D eigenvalue weighted by atomic mass is 19.1. The summed E-state index contributed by atoms with van der Waals surface area (Å²) in [6.07, 6.45) is 9.47. The lowest BCUT2D eigenvalue weighted by atomic mass is 9.74. The van der Waals surface area contributed by atoms with Crippen molar-refractivity contribution in [2.75, 3.05) is 14.2 Å². The van der Waals surface area contributed by atoms with Crippen LogP contribution in [-0.4, -0.2) is 37.5 Å². The Kier molecular flexibility index (Phi) is 6.09. The van der Waals surface area contributed by atoms with Crippen LogP contribution in [0.3, 0.4) is 0 Å². The van der Waals surface area contributed by atoms with Gasteiger partial charge in [-0.25, -0.2) is 4.39 Å². The number of methoxy groups -OCH3 is 2. The Bertz CT molecular complexity index is 854. The minimum absolute atomic E-state index is 0.0800. The lowest BCUT2D eigenvalue weighted by Crippen LogP contribution is -2.45. The van der Waals surface area contributed by atoms with E-state index in [-0.39, 0.29) is 24.1 Å². The van der Waals surface area contributed by atoms with E-state index in [0.29, 0.717) is 17.8 Å². The molecule has 1 aromatic heterocycles. The van der Waals surface area contributed by atoms with Gasteiger partial charge in [-0.1, -0.05) is 24.3 Å². The zero-order chi connectivity index (χ0) is 20.4. The van der Waals surface area contributed by atoms with Crippen molar-refractivity contribution in [3.8, 4) is 11.1 Å². The van der Waals surface area contributed by atoms with Crippen molar-refractivity contribution in [3.05, 3.63) is 60.2 Å². The first kappa shape index (κ1) is 20.2. The van der Waals surface area contributed by atoms with Crippen LogP contribution in [0.2, 0.25) is 0 Å². The number of pyridine rings is 1. The number of nitrogens with zero attached hydrogens (tertiary/aromatic N) is 1. The number of nitrogens with two attached hydrogens (primary N) is 1. The second kappa shape index (κ2) is 8.74. The first-order valence-electron chi connectivity index (χ1n) is 10.3. The van der Waals surface area contributed by atoms with Gasteiger partial charge in [0, 0.05) is 37.9 Å². The van der Waals surface area contributed by atoms with E-state index in [2.05, 4.69) is 17.1 Å². The predicted molar refractivity (Wildman–Crippen MR) is 113 cm³/mol. The average molecular weight is 397 g/mol. The maximum Gasteiger partial charge on any atom is 0.123 e. The number of ether oxygens (including phenoxy) is 2. The molecule has 1 heterocycles. The van der Waals surface area contributed by atoms with Crippen molar-refractivity contribution >= 4 is 6.08 Å². The summed E-state index contributed by atoms with van der Waals surface area (Å²) in [5.74, 6) is 1.19. The molecule has 5 heteroatoms. The molecule has 2 aliphatic rings. The molecule has 0 spiro atoms. The standard InChI is InChI=1S/C24H29FN2O2/c1-28-23-11-17-12-24(29-2)22(26)13-21(17)20(23)9-8-19-7-6-16(14-27-19)15-4-3-5-18(25)10-15/h3-10,14,17,20-24H,11-13,26H2,1-2H3/b9-8+/t17-,20+,21-,22+,23+,24+/m1/s1. The monoisotopic (exact) mass is 396 g/mol. The fourth-order valence-corrected chi connectivity index (χ4v) is 5.12. The number of benzene rings is 1. The van der Waals surface area contributed by atoms with Crippen LogP contribution in [0.1, 0.15) is 25.0 Å². The fourth-order valence-electron chi connectivity index (χ4n) is 5.12. The van der Waals surface area contributed by atoms with E-state index < -0.39 is 0 Å². The zero-order valence-electron chi connectivity index (χ0n) is 17.0. The van der Waals surface area contributed by atoms with E-state index in [9.17, 15) is 4.39 Å². The molecule has 154 valence electrons. The predicted octanol–water partition coefficient (Wildman–Crippen LogP) is 4.30. The van der Waals surface area contributed by atoms with E-state index in [4.69, 9.17) is 15.2 Å². The van der Waals surface area contributed by atoms with Gasteiger partial charge in [0.2, 0.25) is 0 Å². The lowest BCUT2D eigenvalue weighted by molar-refractivity contribution is 0.0163. The zero-order valence-corrected chi connectivity index (χ0v) is 17.0. The molecule has 4 rings (SSSR count). The first-order valence-corrected chi connectivity index (χ1v) is 10.3. The van der Waals surface area contributed by atoms with Crippen LogP contribution < -0.4 is 5.73 Å². The van der Waals surface area contributed by atoms with Crippen LogP contribution in [0.25, 0.3) is 17.2 Å². The van der Waals surface area contributed by atoms with Gasteiger partial charge >= 0.3 is 0 Å². The molecule has 0 bridgehead atoms. The van der Waals surface area contributed by atoms with Crippen molar-refractivity contribution in [1.29, 1.82) is 0 Å². The molecule has 0 saturated heterocycles. The Balaban J connectivity index is 1.49. The summed E-state index contributed by atoms with van der Waals surface area (Å²) in [6, 6.07) is 10.6. The van der Waals surface area contributed by atoms with Gasteiger partial charge in [0.25, 0.3) is 0 Å². The molecular weight excluding hydrogens is 367 g/mol. The highest BCUT2D eigenvalue weighted by Gasteiger charge is 2.47. The maximum atomic E-state index is 13.4. The number of rotatable bonds is 5. The number of halogens is 1. The van der Waals surface area contributed by atoms with Crippen LogP contribution in [0.5, 0.6) is 0 Å². The van der Waals surface area contributed by atoms with Gasteiger partial charge in [-0.15, -0.1) is 0 Å². The number of hydrogen-bond donors (Lipinski definition) is 1. The molecule has 1 aromatic carbocycles. The van der Waals surface area contributed by atoms with Crippen molar-refractivity contribution in [2.24, 2.45) is 23.5 Å². The average Bonchev–Trinajstić information content (AvgIpc) is 3.08. The normalized spacial score (nSPS) is 31.9. The van der Waals surface area contributed by atoms with Gasteiger partial charge in [0.05, 0.1) is 17.9 Å². The van der Waals surface area contributed by atoms with Gasteiger partial charge < -0.3 is 15.2 Å². The third kappa shape index (κ3) is 4.27. The number of fused-ring (bicyclic) bond motifs is 1. The van der Waals surface area contributed by atoms with Gasteiger partial charge in [-0.2, -0.15) is 0 Å². The first-order chi connectivity index (χ1) is 14.1. The van der Waals surface area contributed by atoms with Crippen LogP contribution in [-0.2, 0) is 9.47 Å². The molecule has 2 saturated carbocycles. The van der Waals surface area contributed by atoms with E-state index >= 15 is 0 Å². The summed E-state index contributed by atoms with van der Waals surface area (Å²) in [5, 5.41) is 0. The number of aromatic nitrogens is 1. The number of hydrogen-bond acceptors (Lipinski definition) is 4. The Hall–Kier alpha value is -2.08. The summed E-state index contributed by atoms with van der Waals surface area (Å²) in [5.41, 5.74) is 8.98. The molecule has 2 aromatic rings. The topological polar surface area (TPSA) is 57.4 Å². The quantitative estimate of drug-likeness (QED) is 0.818. The molecule has 4 nitrogen and oxygen atoms in total. The second-order valence-corrected chi connectivity index (χ2v) is 8.26. The molecule has 2 fully saturated rings. The smallest absolute Gasteiger partial charge is 0.123 e. The van der Waals surface area contributed by atoms with Gasteiger partial charge in [0.1, 0.15) is 5.82 Å². The minimum atomic E-state index is -0.241. The Labute approximate surface area is 171 Å². The molecule has 0 radical (unpaired) electrons. The Morgan fingerprint density at radius 1 is 1.03 bits per heavy atom. The molecule has 2 N–H and O–H groups in total. The highest BCUT2D eigenvalue weighted by molar-refractivity contribution is 5.63. The third-order valence-electron chi connectivity index (χ3n) is 6.66. The Morgan fingerprint density at radius 2 is 1.83 bits per heavy atom. The van der Waals surface area contributed by atoms with Crippen LogP contribution in [0.15, 0.2) is 48.7 Å². The third-order valence-corrected chi connectivity index (χ3v) is 6.66. The lowest BCUT2D eigenvalue weighted by Gasteiger charge is -2.37. The molecule has 0 unspecified atom stereocenters. The fraction of sp³-hybridized carbons (Fsp3) is 0.458. The van der Waals surface area contributed by atoms with Gasteiger partial charge in [0.15, 0.2) is 0 Å². The van der Waals surface area contributed by atoms with Crippen LogP contribution in [0.4, 0.5) is 4.39 Å².